The minimum absolute atomic E-state index is 0.127. The molecule has 1 unspecified atom stereocenters. The van der Waals surface area contributed by atoms with Crippen molar-refractivity contribution in [2.24, 2.45) is 0 Å². The molecule has 1 heterocycles. The van der Waals surface area contributed by atoms with Gasteiger partial charge in [0.2, 0.25) is 25.0 Å². The second kappa shape index (κ2) is 9.19. The largest absolute Gasteiger partial charge is 0.539 e. The quantitative estimate of drug-likeness (QED) is 0.257. The lowest BCUT2D eigenvalue weighted by Gasteiger charge is -2.20. The summed E-state index contributed by atoms with van der Waals surface area (Å²) >= 11 is 15.5. The monoisotopic (exact) mass is 515 g/mol. The van der Waals surface area contributed by atoms with E-state index < -0.39 is 19.2 Å². The third kappa shape index (κ3) is 6.13. The smallest absolute Gasteiger partial charge is 0.242 e. The first-order valence-electron chi connectivity index (χ1n) is 8.01. The summed E-state index contributed by atoms with van der Waals surface area (Å²) in [6.45, 7) is 6.16. The number of benzene rings is 1. The normalized spacial score (nSPS) is 13.1. The van der Waals surface area contributed by atoms with Gasteiger partial charge in [0.25, 0.3) is 0 Å². The molecule has 11 heteroatoms. The molecule has 0 aliphatic carbocycles. The molecule has 0 bridgehead atoms. The molecule has 27 heavy (non-hydrogen) atoms. The van der Waals surface area contributed by atoms with Gasteiger partial charge in [0.05, 0.1) is 14.9 Å². The van der Waals surface area contributed by atoms with Crippen LogP contribution in [0.5, 0.6) is 11.5 Å². The van der Waals surface area contributed by atoms with Gasteiger partial charge in [-0.25, -0.2) is 13.1 Å². The zero-order valence-electron chi connectivity index (χ0n) is 14.9. The van der Waals surface area contributed by atoms with Gasteiger partial charge in [0.15, 0.2) is 17.3 Å². The SMILES string of the molecule is C[Si](C)(C)Oc1c(C(Br)CCN[SH](=O)=O)oc(-c2ccc(Cl)c(Cl)c2)c1O. The number of aromatic hydroxyl groups is 1. The van der Waals surface area contributed by atoms with Crippen molar-refractivity contribution in [3.8, 4) is 22.8 Å². The minimum atomic E-state index is -2.68. The molecule has 0 aliphatic heterocycles. The maximum absolute atomic E-state index is 10.7. The molecule has 1 aromatic carbocycles. The molecule has 0 saturated heterocycles. The summed E-state index contributed by atoms with van der Waals surface area (Å²) in [6, 6.07) is 4.89. The van der Waals surface area contributed by atoms with E-state index in [0.717, 1.165) is 0 Å². The van der Waals surface area contributed by atoms with Gasteiger partial charge < -0.3 is 13.9 Å². The predicted octanol–water partition coefficient (Wildman–Crippen LogP) is 5.11. The van der Waals surface area contributed by atoms with Crippen LogP contribution in [0.4, 0.5) is 0 Å². The topological polar surface area (TPSA) is 88.8 Å². The zero-order valence-corrected chi connectivity index (χ0v) is 19.9. The van der Waals surface area contributed by atoms with Crippen molar-refractivity contribution < 1.29 is 22.4 Å². The summed E-state index contributed by atoms with van der Waals surface area (Å²) in [5, 5.41) is 11.5. The Kier molecular flexibility index (Phi) is 7.68. The first kappa shape index (κ1) is 22.6. The van der Waals surface area contributed by atoms with Gasteiger partial charge in [-0.05, 0) is 44.3 Å². The van der Waals surface area contributed by atoms with Crippen LogP contribution in [0.2, 0.25) is 29.7 Å². The molecule has 6 nitrogen and oxygen atoms in total. The van der Waals surface area contributed by atoms with Gasteiger partial charge in [-0.15, -0.1) is 0 Å². The van der Waals surface area contributed by atoms with E-state index in [2.05, 4.69) is 20.7 Å². The van der Waals surface area contributed by atoms with Crippen LogP contribution < -0.4 is 9.15 Å². The van der Waals surface area contributed by atoms with Crippen LogP contribution in [0.3, 0.4) is 0 Å². The fourth-order valence-electron chi connectivity index (χ4n) is 2.28. The van der Waals surface area contributed by atoms with E-state index in [0.29, 0.717) is 27.8 Å². The van der Waals surface area contributed by atoms with Crippen molar-refractivity contribution in [3.05, 3.63) is 34.0 Å². The molecular formula is C16H20BrCl2NO5SSi. The highest BCUT2D eigenvalue weighted by molar-refractivity contribution is 9.09. The van der Waals surface area contributed by atoms with E-state index in [1.165, 1.54) is 0 Å². The summed E-state index contributed by atoms with van der Waals surface area (Å²) in [7, 11) is -4.74. The number of halogens is 3. The van der Waals surface area contributed by atoms with Gasteiger partial charge in [0.1, 0.15) is 0 Å². The average Bonchev–Trinajstić information content (AvgIpc) is 2.85. The van der Waals surface area contributed by atoms with Crippen molar-refractivity contribution in [1.29, 1.82) is 0 Å². The van der Waals surface area contributed by atoms with Gasteiger partial charge in [0, 0.05) is 12.1 Å². The highest BCUT2D eigenvalue weighted by Gasteiger charge is 2.30. The first-order chi connectivity index (χ1) is 12.5. The Morgan fingerprint density at radius 3 is 2.52 bits per heavy atom. The summed E-state index contributed by atoms with van der Waals surface area (Å²) in [4.78, 5) is -0.367. The molecule has 0 fully saturated rings. The fourth-order valence-corrected chi connectivity index (χ4v) is 4.23. The van der Waals surface area contributed by atoms with E-state index in [4.69, 9.17) is 32.0 Å². The van der Waals surface area contributed by atoms with Gasteiger partial charge in [-0.1, -0.05) is 39.1 Å². The van der Waals surface area contributed by atoms with Crippen LogP contribution in [0, 0.1) is 0 Å². The molecule has 0 saturated carbocycles. The Morgan fingerprint density at radius 2 is 1.96 bits per heavy atom. The molecule has 0 aliphatic rings. The second-order valence-corrected chi connectivity index (χ2v) is 13.9. The summed E-state index contributed by atoms with van der Waals surface area (Å²) < 4.78 is 35.6. The van der Waals surface area contributed by atoms with Gasteiger partial charge >= 0.3 is 0 Å². The van der Waals surface area contributed by atoms with E-state index in [1.54, 1.807) is 18.2 Å². The fraction of sp³-hybridized carbons (Fsp3) is 0.375. The van der Waals surface area contributed by atoms with Crippen LogP contribution in [0.1, 0.15) is 17.0 Å². The number of alkyl halides is 1. The predicted molar refractivity (Wildman–Crippen MR) is 114 cm³/mol. The number of rotatable bonds is 8. The highest BCUT2D eigenvalue weighted by atomic mass is 79.9. The lowest BCUT2D eigenvalue weighted by molar-refractivity contribution is 0.438. The van der Waals surface area contributed by atoms with E-state index in [-0.39, 0.29) is 28.6 Å². The number of thiol groups is 1. The molecule has 150 valence electrons. The van der Waals surface area contributed by atoms with Crippen LogP contribution in [-0.2, 0) is 10.9 Å². The Labute approximate surface area is 179 Å². The molecule has 2 aromatic rings. The van der Waals surface area contributed by atoms with Gasteiger partial charge in [-0.3, -0.25) is 0 Å². The van der Waals surface area contributed by atoms with Crippen molar-refractivity contribution in [1.82, 2.24) is 4.72 Å². The Balaban J connectivity index is 2.45. The lowest BCUT2D eigenvalue weighted by atomic mass is 10.1. The minimum Gasteiger partial charge on any atom is -0.539 e. The van der Waals surface area contributed by atoms with Crippen molar-refractivity contribution in [2.45, 2.75) is 30.9 Å². The first-order valence-corrected chi connectivity index (χ1v) is 14.3. The van der Waals surface area contributed by atoms with E-state index >= 15 is 0 Å². The zero-order chi connectivity index (χ0) is 20.4. The standard InChI is InChI=1S/C16H20BrCl2NO5SSi/c1-27(2,3)25-16-13(21)14(9-4-5-11(18)12(19)8-9)24-15(16)10(17)6-7-20-26(22)23/h4-5,8,10,21,26H,6-7H2,1-3H3,(H,20,22,23). The Bertz CT molecular complexity index is 890. The molecule has 0 amide bonds. The number of nitrogens with one attached hydrogen (secondary N) is 1. The third-order valence-corrected chi connectivity index (χ3v) is 6.29. The molecule has 0 spiro atoms. The molecule has 0 radical (unpaired) electrons. The molecule has 2 rings (SSSR count). The average molecular weight is 517 g/mol. The third-order valence-electron chi connectivity index (χ3n) is 3.38. The Morgan fingerprint density at radius 1 is 1.30 bits per heavy atom. The maximum Gasteiger partial charge on any atom is 0.242 e. The van der Waals surface area contributed by atoms with E-state index in [9.17, 15) is 13.5 Å². The molecule has 1 aromatic heterocycles. The van der Waals surface area contributed by atoms with Gasteiger partial charge in [-0.2, -0.15) is 0 Å². The van der Waals surface area contributed by atoms with Crippen LogP contribution in [0.15, 0.2) is 22.6 Å². The number of hydrogen-bond donors (Lipinski definition) is 3. The highest BCUT2D eigenvalue weighted by Crippen LogP contribution is 2.49. The summed E-state index contributed by atoms with van der Waals surface area (Å²) in [5.74, 6) is 0.727. The maximum atomic E-state index is 10.7. The molecular weight excluding hydrogens is 497 g/mol. The van der Waals surface area contributed by atoms with Crippen LogP contribution >= 0.6 is 39.1 Å². The van der Waals surface area contributed by atoms with E-state index in [1.807, 2.05) is 19.6 Å². The summed E-state index contributed by atoms with van der Waals surface area (Å²) in [6.07, 6.45) is 0.402. The van der Waals surface area contributed by atoms with Crippen LogP contribution in [0.25, 0.3) is 11.3 Å². The lowest BCUT2D eigenvalue weighted by Crippen LogP contribution is -2.29. The number of furan rings is 1. The number of hydrogen-bond acceptors (Lipinski definition) is 5. The molecule has 1 atom stereocenters. The van der Waals surface area contributed by atoms with Crippen molar-refractivity contribution in [2.75, 3.05) is 6.54 Å². The molecule has 2 N–H and O–H groups in total. The van der Waals surface area contributed by atoms with Crippen LogP contribution in [-0.4, -0.2) is 28.4 Å². The van der Waals surface area contributed by atoms with Crippen molar-refractivity contribution >= 4 is 58.3 Å². The Hall–Kier alpha value is -0.713. The van der Waals surface area contributed by atoms with Crippen molar-refractivity contribution in [3.63, 3.8) is 0 Å². The second-order valence-electron chi connectivity index (χ2n) is 6.74. The summed E-state index contributed by atoms with van der Waals surface area (Å²) in [5.41, 5.74) is 0.550.